The molecule has 0 spiro atoms. The van der Waals surface area contributed by atoms with Crippen LogP contribution in [0.2, 0.25) is 0 Å². The Morgan fingerprint density at radius 1 is 1.00 bits per heavy atom. The van der Waals surface area contributed by atoms with Crippen molar-refractivity contribution in [3.05, 3.63) is 35.6 Å². The van der Waals surface area contributed by atoms with E-state index in [-0.39, 0.29) is 17.6 Å². The molecule has 0 N–H and O–H groups in total. The molecule has 3 rings (SSSR count). The van der Waals surface area contributed by atoms with E-state index in [2.05, 4.69) is 9.80 Å². The molecule has 5 heteroatoms. The fraction of sp³-hybridized carbons (Fsp3) is 0.650. The van der Waals surface area contributed by atoms with Crippen LogP contribution in [-0.2, 0) is 4.79 Å². The lowest BCUT2D eigenvalue weighted by Gasteiger charge is -2.36. The van der Waals surface area contributed by atoms with Crippen molar-refractivity contribution in [3.63, 3.8) is 0 Å². The van der Waals surface area contributed by atoms with Crippen LogP contribution in [0.5, 0.6) is 0 Å². The SMILES string of the molecule is C[C@@H](CC(=O)N1CCN(CCN2CCCC2)CC1)c1ccccc1F. The molecule has 0 saturated carbocycles. The van der Waals surface area contributed by atoms with Crippen molar-refractivity contribution in [1.29, 1.82) is 0 Å². The maximum atomic E-state index is 13.9. The van der Waals surface area contributed by atoms with Gasteiger partial charge in [0.1, 0.15) is 5.82 Å². The predicted octanol–water partition coefficient (Wildman–Crippen LogP) is 2.56. The summed E-state index contributed by atoms with van der Waals surface area (Å²) in [5.41, 5.74) is 0.639. The molecule has 2 saturated heterocycles. The lowest BCUT2D eigenvalue weighted by Crippen LogP contribution is -2.50. The van der Waals surface area contributed by atoms with Crippen LogP contribution >= 0.6 is 0 Å². The molecule has 1 aromatic carbocycles. The zero-order valence-electron chi connectivity index (χ0n) is 15.3. The Hall–Kier alpha value is -1.46. The predicted molar refractivity (Wildman–Crippen MR) is 98.1 cm³/mol. The number of piperazine rings is 1. The summed E-state index contributed by atoms with van der Waals surface area (Å²) in [6, 6.07) is 6.77. The first kappa shape index (κ1) is 18.3. The van der Waals surface area contributed by atoms with Crippen LogP contribution < -0.4 is 0 Å². The number of benzene rings is 1. The van der Waals surface area contributed by atoms with Gasteiger partial charge >= 0.3 is 0 Å². The van der Waals surface area contributed by atoms with Gasteiger partial charge in [0.25, 0.3) is 0 Å². The molecule has 0 aliphatic carbocycles. The van der Waals surface area contributed by atoms with Gasteiger partial charge in [-0.3, -0.25) is 9.69 Å². The van der Waals surface area contributed by atoms with E-state index in [4.69, 9.17) is 0 Å². The molecule has 0 aromatic heterocycles. The van der Waals surface area contributed by atoms with Crippen LogP contribution in [0.15, 0.2) is 24.3 Å². The van der Waals surface area contributed by atoms with E-state index in [1.54, 1.807) is 12.1 Å². The highest BCUT2D eigenvalue weighted by molar-refractivity contribution is 5.77. The largest absolute Gasteiger partial charge is 0.340 e. The number of nitrogens with zero attached hydrogens (tertiary/aromatic N) is 3. The third kappa shape index (κ3) is 5.02. The van der Waals surface area contributed by atoms with Crippen LogP contribution in [0.3, 0.4) is 0 Å². The van der Waals surface area contributed by atoms with Gasteiger partial charge in [0.2, 0.25) is 5.91 Å². The first-order valence-electron chi connectivity index (χ1n) is 9.60. The molecule has 2 heterocycles. The summed E-state index contributed by atoms with van der Waals surface area (Å²) in [6.45, 7) is 10.2. The monoisotopic (exact) mass is 347 g/mol. The van der Waals surface area contributed by atoms with E-state index in [0.717, 1.165) is 39.3 Å². The van der Waals surface area contributed by atoms with Crippen molar-refractivity contribution < 1.29 is 9.18 Å². The van der Waals surface area contributed by atoms with Gasteiger partial charge in [-0.05, 0) is 43.5 Å². The molecule has 2 aliphatic heterocycles. The highest BCUT2D eigenvalue weighted by Crippen LogP contribution is 2.23. The third-order valence-electron chi connectivity index (χ3n) is 5.57. The van der Waals surface area contributed by atoms with E-state index in [9.17, 15) is 9.18 Å². The lowest BCUT2D eigenvalue weighted by molar-refractivity contribution is -0.133. The summed E-state index contributed by atoms with van der Waals surface area (Å²) >= 11 is 0. The van der Waals surface area contributed by atoms with Crippen LogP contribution in [-0.4, -0.2) is 73.0 Å². The van der Waals surface area contributed by atoms with Crippen LogP contribution in [0, 0.1) is 5.82 Å². The second kappa shape index (κ2) is 8.77. The Kier molecular flexibility index (Phi) is 6.43. The molecule has 0 bridgehead atoms. The van der Waals surface area contributed by atoms with E-state index >= 15 is 0 Å². The molecule has 4 nitrogen and oxygen atoms in total. The molecule has 25 heavy (non-hydrogen) atoms. The summed E-state index contributed by atoms with van der Waals surface area (Å²) in [6.07, 6.45) is 3.06. The molecular formula is C20H30FN3O. The normalized spacial score (nSPS) is 20.8. The number of rotatable bonds is 6. The summed E-state index contributed by atoms with van der Waals surface area (Å²) in [5, 5.41) is 0. The zero-order valence-corrected chi connectivity index (χ0v) is 15.3. The summed E-state index contributed by atoms with van der Waals surface area (Å²) in [4.78, 5) is 19.5. The lowest BCUT2D eigenvalue weighted by atomic mass is 9.96. The van der Waals surface area contributed by atoms with Crippen molar-refractivity contribution in [1.82, 2.24) is 14.7 Å². The van der Waals surface area contributed by atoms with Gasteiger partial charge in [-0.25, -0.2) is 4.39 Å². The minimum absolute atomic E-state index is 0.0816. The van der Waals surface area contributed by atoms with E-state index in [1.165, 1.54) is 32.0 Å². The van der Waals surface area contributed by atoms with Crippen LogP contribution in [0.4, 0.5) is 4.39 Å². The molecule has 0 radical (unpaired) electrons. The molecule has 1 amide bonds. The smallest absolute Gasteiger partial charge is 0.223 e. The first-order valence-corrected chi connectivity index (χ1v) is 9.60. The van der Waals surface area contributed by atoms with E-state index in [1.807, 2.05) is 17.9 Å². The highest BCUT2D eigenvalue weighted by Gasteiger charge is 2.24. The number of halogens is 1. The Bertz CT molecular complexity index is 566. The van der Waals surface area contributed by atoms with Crippen molar-refractivity contribution >= 4 is 5.91 Å². The molecule has 0 unspecified atom stereocenters. The minimum Gasteiger partial charge on any atom is -0.340 e. The number of amides is 1. The maximum Gasteiger partial charge on any atom is 0.223 e. The van der Waals surface area contributed by atoms with Crippen molar-refractivity contribution in [2.45, 2.75) is 32.1 Å². The molecule has 1 atom stereocenters. The summed E-state index contributed by atoms with van der Waals surface area (Å²) in [5.74, 6) is -0.147. The van der Waals surface area contributed by atoms with Crippen LogP contribution in [0.25, 0.3) is 0 Å². The molecule has 138 valence electrons. The molecule has 2 aliphatic rings. The maximum absolute atomic E-state index is 13.9. The Morgan fingerprint density at radius 2 is 1.60 bits per heavy atom. The van der Waals surface area contributed by atoms with E-state index in [0.29, 0.717) is 12.0 Å². The number of carbonyl (C=O) groups excluding carboxylic acids is 1. The molecule has 2 fully saturated rings. The molecular weight excluding hydrogens is 317 g/mol. The average Bonchev–Trinajstić information content (AvgIpc) is 3.14. The Labute approximate surface area is 150 Å². The second-order valence-electron chi connectivity index (χ2n) is 7.40. The van der Waals surface area contributed by atoms with Gasteiger partial charge in [0, 0.05) is 45.7 Å². The topological polar surface area (TPSA) is 26.8 Å². The fourth-order valence-corrected chi connectivity index (χ4v) is 3.89. The number of likely N-dealkylation sites (tertiary alicyclic amines) is 1. The quantitative estimate of drug-likeness (QED) is 0.791. The zero-order chi connectivity index (χ0) is 17.6. The van der Waals surface area contributed by atoms with E-state index < -0.39 is 0 Å². The molecule has 1 aromatic rings. The summed E-state index contributed by atoms with van der Waals surface area (Å²) in [7, 11) is 0. The van der Waals surface area contributed by atoms with Crippen molar-refractivity contribution in [2.75, 3.05) is 52.4 Å². The van der Waals surface area contributed by atoms with Gasteiger partial charge < -0.3 is 9.80 Å². The van der Waals surface area contributed by atoms with Crippen molar-refractivity contribution in [2.24, 2.45) is 0 Å². The second-order valence-corrected chi connectivity index (χ2v) is 7.40. The number of hydrogen-bond donors (Lipinski definition) is 0. The van der Waals surface area contributed by atoms with Gasteiger partial charge in [-0.2, -0.15) is 0 Å². The average molecular weight is 347 g/mol. The van der Waals surface area contributed by atoms with Crippen LogP contribution in [0.1, 0.15) is 37.7 Å². The Morgan fingerprint density at radius 3 is 2.24 bits per heavy atom. The van der Waals surface area contributed by atoms with Crippen molar-refractivity contribution in [3.8, 4) is 0 Å². The fourth-order valence-electron chi connectivity index (χ4n) is 3.89. The van der Waals surface area contributed by atoms with Gasteiger partial charge in [0.15, 0.2) is 0 Å². The highest BCUT2D eigenvalue weighted by atomic mass is 19.1. The summed E-state index contributed by atoms with van der Waals surface area (Å²) < 4.78 is 13.9. The van der Waals surface area contributed by atoms with Gasteiger partial charge in [0.05, 0.1) is 0 Å². The Balaban J connectivity index is 1.41. The van der Waals surface area contributed by atoms with Gasteiger partial charge in [-0.1, -0.05) is 25.1 Å². The van der Waals surface area contributed by atoms with Gasteiger partial charge in [-0.15, -0.1) is 0 Å². The number of hydrogen-bond acceptors (Lipinski definition) is 3. The number of carbonyl (C=O) groups is 1. The first-order chi connectivity index (χ1) is 12.1. The standard InChI is InChI=1S/C20H30FN3O/c1-17(18-6-2-3-7-19(18)21)16-20(25)24-14-12-23(13-15-24)11-10-22-8-4-5-9-22/h2-3,6-7,17H,4-5,8-16H2,1H3/t17-/m0/s1. The third-order valence-corrected chi connectivity index (χ3v) is 5.57. The minimum atomic E-state index is -0.213.